The first-order valence-electron chi connectivity index (χ1n) is 5.92. The second kappa shape index (κ2) is 5.92. The first-order valence-corrected chi connectivity index (χ1v) is 6.29. The van der Waals surface area contributed by atoms with E-state index in [0.717, 1.165) is 12.3 Å². The standard InChI is InChI=1S/C13H10ClFN2O4/c1-2-21-13(20)7-4-16-10-6(12(7)19)3-8(15)9(14)11(10)17-5-18/h3-5H,2H2,1H3,(H,16,19)(H,17,18). The number of ether oxygens (including phenoxy) is 1. The van der Waals surface area contributed by atoms with Crippen LogP contribution in [0.1, 0.15) is 17.3 Å². The summed E-state index contributed by atoms with van der Waals surface area (Å²) < 4.78 is 18.5. The normalized spacial score (nSPS) is 10.4. The molecule has 0 bridgehead atoms. The van der Waals surface area contributed by atoms with Gasteiger partial charge in [0.05, 0.1) is 23.2 Å². The van der Waals surface area contributed by atoms with Gasteiger partial charge in [-0.2, -0.15) is 0 Å². The highest BCUT2D eigenvalue weighted by atomic mass is 35.5. The minimum atomic E-state index is -0.889. The molecular weight excluding hydrogens is 303 g/mol. The van der Waals surface area contributed by atoms with E-state index in [0.29, 0.717) is 6.41 Å². The van der Waals surface area contributed by atoms with Crippen LogP contribution in [-0.4, -0.2) is 24.0 Å². The second-order valence-electron chi connectivity index (χ2n) is 3.98. The number of amides is 1. The molecular formula is C13H10ClFN2O4. The van der Waals surface area contributed by atoms with Crippen molar-refractivity contribution in [3.05, 3.63) is 38.9 Å². The Morgan fingerprint density at radius 3 is 2.90 bits per heavy atom. The summed E-state index contributed by atoms with van der Waals surface area (Å²) in [6, 6.07) is 0.898. The molecule has 0 aliphatic carbocycles. The lowest BCUT2D eigenvalue weighted by atomic mass is 10.1. The van der Waals surface area contributed by atoms with Gasteiger partial charge in [0.2, 0.25) is 11.8 Å². The molecule has 1 heterocycles. The van der Waals surface area contributed by atoms with E-state index in [1.165, 1.54) is 0 Å². The first kappa shape index (κ1) is 15.0. The average Bonchev–Trinajstić information content (AvgIpc) is 2.45. The number of aromatic nitrogens is 1. The molecule has 6 nitrogen and oxygen atoms in total. The molecule has 8 heteroatoms. The van der Waals surface area contributed by atoms with Crippen LogP contribution < -0.4 is 10.7 Å². The maximum Gasteiger partial charge on any atom is 0.343 e. The van der Waals surface area contributed by atoms with Crippen molar-refractivity contribution in [2.24, 2.45) is 0 Å². The van der Waals surface area contributed by atoms with Crippen LogP contribution in [0.5, 0.6) is 0 Å². The lowest BCUT2D eigenvalue weighted by Gasteiger charge is -2.09. The van der Waals surface area contributed by atoms with E-state index in [-0.39, 0.29) is 33.8 Å². The fourth-order valence-electron chi connectivity index (χ4n) is 1.86. The van der Waals surface area contributed by atoms with Crippen LogP contribution in [-0.2, 0) is 9.53 Å². The van der Waals surface area contributed by atoms with Crippen LogP contribution in [0.3, 0.4) is 0 Å². The molecule has 1 aromatic carbocycles. The van der Waals surface area contributed by atoms with Gasteiger partial charge in [-0.3, -0.25) is 9.59 Å². The Morgan fingerprint density at radius 2 is 2.29 bits per heavy atom. The Labute approximate surface area is 122 Å². The molecule has 110 valence electrons. The monoisotopic (exact) mass is 312 g/mol. The quantitative estimate of drug-likeness (QED) is 0.668. The predicted octanol–water partition coefficient (Wildman–Crippen LogP) is 2.07. The number of aromatic amines is 1. The minimum absolute atomic E-state index is 0.0748. The van der Waals surface area contributed by atoms with E-state index in [4.69, 9.17) is 16.3 Å². The van der Waals surface area contributed by atoms with Gasteiger partial charge in [0.1, 0.15) is 16.4 Å². The zero-order valence-corrected chi connectivity index (χ0v) is 11.6. The fraction of sp³-hybridized carbons (Fsp3) is 0.154. The SMILES string of the molecule is CCOC(=O)c1c[nH]c2c(NC=O)c(Cl)c(F)cc2c1=O. The second-order valence-corrected chi connectivity index (χ2v) is 4.36. The van der Waals surface area contributed by atoms with Crippen LogP contribution >= 0.6 is 11.6 Å². The van der Waals surface area contributed by atoms with Gasteiger partial charge in [0, 0.05) is 6.20 Å². The highest BCUT2D eigenvalue weighted by Crippen LogP contribution is 2.31. The first-order chi connectivity index (χ1) is 10.0. The highest BCUT2D eigenvalue weighted by Gasteiger charge is 2.19. The molecule has 0 saturated heterocycles. The molecule has 2 aromatic rings. The van der Waals surface area contributed by atoms with Crippen LogP contribution in [0.4, 0.5) is 10.1 Å². The molecule has 0 unspecified atom stereocenters. The Balaban J connectivity index is 2.77. The third-order valence-electron chi connectivity index (χ3n) is 2.77. The van der Waals surface area contributed by atoms with Crippen molar-refractivity contribution < 1.29 is 18.7 Å². The van der Waals surface area contributed by atoms with Gasteiger partial charge in [0.15, 0.2) is 0 Å². The summed E-state index contributed by atoms with van der Waals surface area (Å²) in [5, 5.41) is 1.76. The van der Waals surface area contributed by atoms with Gasteiger partial charge < -0.3 is 15.0 Å². The van der Waals surface area contributed by atoms with Crippen molar-refractivity contribution in [1.29, 1.82) is 0 Å². The van der Waals surface area contributed by atoms with Crippen LogP contribution in [0, 0.1) is 5.82 Å². The van der Waals surface area contributed by atoms with Crippen molar-refractivity contribution in [2.75, 3.05) is 11.9 Å². The number of hydrogen-bond acceptors (Lipinski definition) is 4. The van der Waals surface area contributed by atoms with Crippen molar-refractivity contribution in [2.45, 2.75) is 6.92 Å². The summed E-state index contributed by atoms with van der Waals surface area (Å²) in [5.74, 6) is -1.71. The molecule has 0 radical (unpaired) electrons. The van der Waals surface area contributed by atoms with Gasteiger partial charge in [-0.05, 0) is 13.0 Å². The molecule has 21 heavy (non-hydrogen) atoms. The summed E-state index contributed by atoms with van der Waals surface area (Å²) in [5.41, 5.74) is -0.935. The van der Waals surface area contributed by atoms with E-state index in [2.05, 4.69) is 10.3 Å². The van der Waals surface area contributed by atoms with Gasteiger partial charge in [-0.25, -0.2) is 9.18 Å². The summed E-state index contributed by atoms with van der Waals surface area (Å²) in [6.45, 7) is 1.70. The molecule has 0 saturated carbocycles. The molecule has 0 atom stereocenters. The Kier molecular flexibility index (Phi) is 4.23. The summed E-state index contributed by atoms with van der Waals surface area (Å²) in [7, 11) is 0. The smallest absolute Gasteiger partial charge is 0.343 e. The van der Waals surface area contributed by atoms with Crippen LogP contribution in [0.25, 0.3) is 10.9 Å². The third-order valence-corrected chi connectivity index (χ3v) is 3.14. The molecule has 2 rings (SSSR count). The van der Waals surface area contributed by atoms with E-state index < -0.39 is 17.2 Å². The summed E-state index contributed by atoms with van der Waals surface area (Å²) in [4.78, 5) is 37.1. The Bertz CT molecular complexity index is 788. The lowest BCUT2D eigenvalue weighted by molar-refractivity contribution is -0.105. The predicted molar refractivity (Wildman–Crippen MR) is 75.2 cm³/mol. The Hall–Kier alpha value is -2.41. The molecule has 0 fully saturated rings. The fourth-order valence-corrected chi connectivity index (χ4v) is 2.07. The van der Waals surface area contributed by atoms with Crippen LogP contribution in [0.2, 0.25) is 5.02 Å². The number of esters is 1. The number of rotatable bonds is 4. The summed E-state index contributed by atoms with van der Waals surface area (Å²) in [6.07, 6.45) is 1.44. The number of carbonyl (C=O) groups is 2. The minimum Gasteiger partial charge on any atom is -0.462 e. The van der Waals surface area contributed by atoms with E-state index >= 15 is 0 Å². The van der Waals surface area contributed by atoms with E-state index in [1.807, 2.05) is 0 Å². The lowest BCUT2D eigenvalue weighted by Crippen LogP contribution is -2.18. The van der Waals surface area contributed by atoms with Crippen molar-refractivity contribution in [1.82, 2.24) is 4.98 Å². The number of nitrogens with one attached hydrogen (secondary N) is 2. The number of halogens is 2. The number of pyridine rings is 1. The number of anilines is 1. The van der Waals surface area contributed by atoms with Gasteiger partial charge >= 0.3 is 5.97 Å². The summed E-state index contributed by atoms with van der Waals surface area (Å²) >= 11 is 5.75. The molecule has 1 amide bonds. The van der Waals surface area contributed by atoms with Crippen LogP contribution in [0.15, 0.2) is 17.1 Å². The van der Waals surface area contributed by atoms with Crippen molar-refractivity contribution in [3.8, 4) is 0 Å². The van der Waals surface area contributed by atoms with E-state index in [9.17, 15) is 18.8 Å². The molecule has 0 aliphatic rings. The number of hydrogen-bond donors (Lipinski definition) is 2. The van der Waals surface area contributed by atoms with Crippen molar-refractivity contribution >= 4 is 40.6 Å². The molecule has 1 aromatic heterocycles. The Morgan fingerprint density at radius 1 is 1.57 bits per heavy atom. The van der Waals surface area contributed by atoms with Gasteiger partial charge in [-0.15, -0.1) is 0 Å². The average molecular weight is 313 g/mol. The zero-order chi connectivity index (χ0) is 15.6. The number of H-pyrrole nitrogens is 1. The zero-order valence-electron chi connectivity index (χ0n) is 10.8. The molecule has 0 aliphatic heterocycles. The number of carbonyl (C=O) groups excluding carboxylic acids is 2. The largest absolute Gasteiger partial charge is 0.462 e. The highest BCUT2D eigenvalue weighted by molar-refractivity contribution is 6.35. The van der Waals surface area contributed by atoms with Gasteiger partial charge in [-0.1, -0.05) is 11.6 Å². The maximum atomic E-state index is 13.7. The van der Waals surface area contributed by atoms with E-state index in [1.54, 1.807) is 6.92 Å². The number of benzene rings is 1. The molecule has 0 spiro atoms. The maximum absolute atomic E-state index is 13.7. The van der Waals surface area contributed by atoms with Crippen molar-refractivity contribution in [3.63, 3.8) is 0 Å². The third kappa shape index (κ3) is 2.59. The van der Waals surface area contributed by atoms with Gasteiger partial charge in [0.25, 0.3) is 0 Å². The number of fused-ring (bicyclic) bond motifs is 1. The topological polar surface area (TPSA) is 88.3 Å². The molecule has 2 N–H and O–H groups in total.